The molecule has 0 radical (unpaired) electrons. The summed E-state index contributed by atoms with van der Waals surface area (Å²) in [5.74, 6) is 0.236. The van der Waals surface area contributed by atoms with Gasteiger partial charge in [-0.1, -0.05) is 45.9 Å². The van der Waals surface area contributed by atoms with Crippen molar-refractivity contribution in [1.82, 2.24) is 5.32 Å². The molecule has 1 aliphatic rings. The van der Waals surface area contributed by atoms with Gasteiger partial charge in [0.15, 0.2) is 0 Å². The number of fused-ring (bicyclic) bond motifs is 1. The third kappa shape index (κ3) is 3.40. The summed E-state index contributed by atoms with van der Waals surface area (Å²) in [4.78, 5) is 14.5. The highest BCUT2D eigenvalue weighted by Crippen LogP contribution is 2.35. The van der Waals surface area contributed by atoms with Crippen molar-refractivity contribution < 1.29 is 4.79 Å². The lowest BCUT2D eigenvalue weighted by molar-refractivity contribution is -0.120. The number of nitrogens with one attached hydrogen (secondary N) is 1. The van der Waals surface area contributed by atoms with Crippen molar-refractivity contribution in [3.05, 3.63) is 29.8 Å². The van der Waals surface area contributed by atoms with Gasteiger partial charge >= 0.3 is 0 Å². The molecule has 3 nitrogen and oxygen atoms in total. The molecular weight excluding hydrogens is 248 g/mol. The Hall–Kier alpha value is -1.35. The van der Waals surface area contributed by atoms with Crippen LogP contribution in [0, 0.1) is 5.41 Å². The van der Waals surface area contributed by atoms with Gasteiger partial charge in [0.05, 0.1) is 0 Å². The number of anilines is 1. The molecule has 1 aromatic rings. The van der Waals surface area contributed by atoms with E-state index < -0.39 is 0 Å². The first-order chi connectivity index (χ1) is 9.42. The first-order valence-electron chi connectivity index (χ1n) is 7.55. The van der Waals surface area contributed by atoms with Crippen molar-refractivity contribution in [3.63, 3.8) is 0 Å². The van der Waals surface area contributed by atoms with Gasteiger partial charge in [0, 0.05) is 24.7 Å². The molecule has 1 unspecified atom stereocenters. The molecule has 0 saturated carbocycles. The molecule has 1 atom stereocenters. The molecule has 0 aliphatic carbocycles. The molecule has 1 N–H and O–H groups in total. The van der Waals surface area contributed by atoms with E-state index in [-0.39, 0.29) is 11.3 Å². The van der Waals surface area contributed by atoms with E-state index in [2.05, 4.69) is 51.2 Å². The SMILES string of the molecule is CCNC1CCN(C(=O)CC(C)(C)C)c2ccccc21. The molecule has 1 aromatic carbocycles. The minimum atomic E-state index is 0.0323. The van der Waals surface area contributed by atoms with Crippen LogP contribution in [0.15, 0.2) is 24.3 Å². The van der Waals surface area contributed by atoms with Gasteiger partial charge in [0.25, 0.3) is 0 Å². The maximum atomic E-state index is 12.5. The summed E-state index contributed by atoms with van der Waals surface area (Å²) in [5, 5.41) is 3.51. The zero-order valence-corrected chi connectivity index (χ0v) is 13.1. The molecule has 0 bridgehead atoms. The molecule has 0 fully saturated rings. The van der Waals surface area contributed by atoms with E-state index in [1.165, 1.54) is 5.56 Å². The van der Waals surface area contributed by atoms with Gasteiger partial charge in [-0.15, -0.1) is 0 Å². The fourth-order valence-electron chi connectivity index (χ4n) is 2.83. The monoisotopic (exact) mass is 274 g/mol. The fourth-order valence-corrected chi connectivity index (χ4v) is 2.83. The van der Waals surface area contributed by atoms with E-state index in [1.54, 1.807) is 0 Å². The number of hydrogen-bond donors (Lipinski definition) is 1. The van der Waals surface area contributed by atoms with Crippen LogP contribution in [0.5, 0.6) is 0 Å². The maximum absolute atomic E-state index is 12.5. The molecule has 1 heterocycles. The van der Waals surface area contributed by atoms with Gasteiger partial charge in [-0.2, -0.15) is 0 Å². The quantitative estimate of drug-likeness (QED) is 0.914. The first kappa shape index (κ1) is 15.0. The smallest absolute Gasteiger partial charge is 0.227 e. The van der Waals surface area contributed by atoms with Crippen LogP contribution in [0.4, 0.5) is 5.69 Å². The van der Waals surface area contributed by atoms with Gasteiger partial charge in [0.1, 0.15) is 0 Å². The van der Waals surface area contributed by atoms with Crippen molar-refractivity contribution in [3.8, 4) is 0 Å². The minimum absolute atomic E-state index is 0.0323. The van der Waals surface area contributed by atoms with Crippen molar-refractivity contribution in [1.29, 1.82) is 0 Å². The normalized spacial score (nSPS) is 18.8. The molecular formula is C17H26N2O. The standard InChI is InChI=1S/C17H26N2O/c1-5-18-14-10-11-19(16(20)12-17(2,3)4)15-9-7-6-8-13(14)15/h6-9,14,18H,5,10-12H2,1-4H3. The summed E-state index contributed by atoms with van der Waals surface area (Å²) in [6.45, 7) is 10.2. The van der Waals surface area contributed by atoms with Crippen LogP contribution in [-0.2, 0) is 4.79 Å². The molecule has 3 heteroatoms. The lowest BCUT2D eigenvalue weighted by atomic mass is 9.90. The van der Waals surface area contributed by atoms with Crippen molar-refractivity contribution in [2.45, 2.75) is 46.6 Å². The van der Waals surface area contributed by atoms with E-state index in [9.17, 15) is 4.79 Å². The van der Waals surface area contributed by atoms with Gasteiger partial charge < -0.3 is 10.2 Å². The highest BCUT2D eigenvalue weighted by atomic mass is 16.2. The van der Waals surface area contributed by atoms with Crippen molar-refractivity contribution in [2.75, 3.05) is 18.0 Å². The van der Waals surface area contributed by atoms with Crippen LogP contribution in [0.1, 0.15) is 52.1 Å². The molecule has 0 spiro atoms. The Labute approximate surface area is 122 Å². The number of carbonyl (C=O) groups is 1. The molecule has 110 valence electrons. The Bertz CT molecular complexity index is 476. The zero-order chi connectivity index (χ0) is 14.8. The Balaban J connectivity index is 2.25. The number of nitrogens with zero attached hydrogens (tertiary/aromatic N) is 1. The number of benzene rings is 1. The minimum Gasteiger partial charge on any atom is -0.312 e. The maximum Gasteiger partial charge on any atom is 0.227 e. The predicted octanol–water partition coefficient (Wildman–Crippen LogP) is 3.51. The zero-order valence-electron chi connectivity index (χ0n) is 13.1. The Morgan fingerprint density at radius 2 is 2.05 bits per heavy atom. The third-order valence-electron chi connectivity index (χ3n) is 3.68. The summed E-state index contributed by atoms with van der Waals surface area (Å²) in [7, 11) is 0. The van der Waals surface area contributed by atoms with Crippen molar-refractivity contribution >= 4 is 11.6 Å². The summed E-state index contributed by atoms with van der Waals surface area (Å²) in [6, 6.07) is 8.65. The molecule has 0 aromatic heterocycles. The molecule has 20 heavy (non-hydrogen) atoms. The average molecular weight is 274 g/mol. The van der Waals surface area contributed by atoms with E-state index in [1.807, 2.05) is 11.0 Å². The summed E-state index contributed by atoms with van der Waals surface area (Å²) < 4.78 is 0. The Morgan fingerprint density at radius 1 is 1.35 bits per heavy atom. The highest BCUT2D eigenvalue weighted by molar-refractivity contribution is 5.95. The van der Waals surface area contributed by atoms with Gasteiger partial charge in [0.2, 0.25) is 5.91 Å². The van der Waals surface area contributed by atoms with E-state index in [0.717, 1.165) is 25.2 Å². The largest absolute Gasteiger partial charge is 0.312 e. The molecule has 2 rings (SSSR count). The Kier molecular flexibility index (Phi) is 4.48. The average Bonchev–Trinajstić information content (AvgIpc) is 2.37. The van der Waals surface area contributed by atoms with E-state index in [4.69, 9.17) is 0 Å². The number of amides is 1. The molecule has 1 aliphatic heterocycles. The van der Waals surface area contributed by atoms with Gasteiger partial charge in [-0.05, 0) is 30.0 Å². The fraction of sp³-hybridized carbons (Fsp3) is 0.588. The van der Waals surface area contributed by atoms with Crippen LogP contribution in [0.25, 0.3) is 0 Å². The summed E-state index contributed by atoms with van der Waals surface area (Å²) >= 11 is 0. The van der Waals surface area contributed by atoms with Crippen LogP contribution in [-0.4, -0.2) is 19.0 Å². The predicted molar refractivity (Wildman–Crippen MR) is 83.9 cm³/mol. The lowest BCUT2D eigenvalue weighted by Gasteiger charge is -2.36. The van der Waals surface area contributed by atoms with E-state index in [0.29, 0.717) is 12.5 Å². The van der Waals surface area contributed by atoms with Gasteiger partial charge in [-0.25, -0.2) is 0 Å². The highest BCUT2D eigenvalue weighted by Gasteiger charge is 2.29. The van der Waals surface area contributed by atoms with Crippen LogP contribution >= 0.6 is 0 Å². The first-order valence-corrected chi connectivity index (χ1v) is 7.55. The second-order valence-electron chi connectivity index (χ2n) is 6.74. The van der Waals surface area contributed by atoms with Crippen LogP contribution in [0.3, 0.4) is 0 Å². The number of hydrogen-bond acceptors (Lipinski definition) is 2. The lowest BCUT2D eigenvalue weighted by Crippen LogP contribution is -2.40. The number of rotatable bonds is 3. The summed E-state index contributed by atoms with van der Waals surface area (Å²) in [6.07, 6.45) is 1.58. The van der Waals surface area contributed by atoms with Crippen molar-refractivity contribution in [2.24, 2.45) is 5.41 Å². The second kappa shape index (κ2) is 5.96. The molecule has 0 saturated heterocycles. The Morgan fingerprint density at radius 3 is 2.70 bits per heavy atom. The third-order valence-corrected chi connectivity index (χ3v) is 3.68. The summed E-state index contributed by atoms with van der Waals surface area (Å²) in [5.41, 5.74) is 2.37. The topological polar surface area (TPSA) is 32.3 Å². The van der Waals surface area contributed by atoms with Gasteiger partial charge in [-0.3, -0.25) is 4.79 Å². The van der Waals surface area contributed by atoms with Crippen LogP contribution < -0.4 is 10.2 Å². The second-order valence-corrected chi connectivity index (χ2v) is 6.74. The number of carbonyl (C=O) groups excluding carboxylic acids is 1. The van der Waals surface area contributed by atoms with E-state index >= 15 is 0 Å². The van der Waals surface area contributed by atoms with Crippen LogP contribution in [0.2, 0.25) is 0 Å². The molecule has 1 amide bonds. The number of para-hydroxylation sites is 1.